The fraction of sp³-hybridized carbons (Fsp3) is 0.333. The van der Waals surface area contributed by atoms with E-state index in [1.54, 1.807) is 6.07 Å². The zero-order valence-corrected chi connectivity index (χ0v) is 6.43. The summed E-state index contributed by atoms with van der Waals surface area (Å²) in [7, 11) is 0. The van der Waals surface area contributed by atoms with Gasteiger partial charge in [-0.25, -0.2) is 8.78 Å². The lowest BCUT2D eigenvalue weighted by Gasteiger charge is -1.98. The van der Waals surface area contributed by atoms with E-state index in [1.165, 1.54) is 6.07 Å². The van der Waals surface area contributed by atoms with Crippen LogP contribution < -0.4 is 5.73 Å². The molecule has 1 fully saturated rings. The lowest BCUT2D eigenvalue weighted by atomic mass is 10.1. The van der Waals surface area contributed by atoms with Crippen LogP contribution in [0.15, 0.2) is 18.2 Å². The van der Waals surface area contributed by atoms with Crippen molar-refractivity contribution in [2.24, 2.45) is 5.73 Å². The van der Waals surface area contributed by atoms with Crippen molar-refractivity contribution in [3.8, 4) is 0 Å². The van der Waals surface area contributed by atoms with Crippen molar-refractivity contribution in [1.82, 2.24) is 0 Å². The first kappa shape index (κ1) is 7.68. The van der Waals surface area contributed by atoms with Crippen LogP contribution in [-0.2, 0) is 0 Å². The van der Waals surface area contributed by atoms with E-state index in [9.17, 15) is 8.78 Å². The Morgan fingerprint density at radius 1 is 1.25 bits per heavy atom. The fourth-order valence-electron chi connectivity index (χ4n) is 1.34. The van der Waals surface area contributed by atoms with Gasteiger partial charge in [0.2, 0.25) is 0 Å². The van der Waals surface area contributed by atoms with E-state index in [0.717, 1.165) is 18.1 Å². The zero-order chi connectivity index (χ0) is 8.72. The maximum absolute atomic E-state index is 12.7. The minimum absolute atomic E-state index is 0.134. The molecule has 12 heavy (non-hydrogen) atoms. The first-order valence-electron chi connectivity index (χ1n) is 3.89. The predicted molar refractivity (Wildman–Crippen MR) is 41.7 cm³/mol. The average molecular weight is 169 g/mol. The second-order valence-electron chi connectivity index (χ2n) is 3.18. The first-order valence-corrected chi connectivity index (χ1v) is 3.89. The Balaban J connectivity index is 2.29. The molecular formula is C9H9F2N. The van der Waals surface area contributed by atoms with Crippen molar-refractivity contribution in [3.63, 3.8) is 0 Å². The van der Waals surface area contributed by atoms with Crippen LogP contribution >= 0.6 is 0 Å². The quantitative estimate of drug-likeness (QED) is 0.681. The van der Waals surface area contributed by atoms with Crippen LogP contribution in [0.3, 0.4) is 0 Å². The van der Waals surface area contributed by atoms with Crippen LogP contribution in [-0.4, -0.2) is 6.04 Å². The fourth-order valence-corrected chi connectivity index (χ4v) is 1.34. The van der Waals surface area contributed by atoms with E-state index < -0.39 is 11.6 Å². The van der Waals surface area contributed by atoms with E-state index in [1.807, 2.05) is 0 Å². The third-order valence-electron chi connectivity index (χ3n) is 2.21. The van der Waals surface area contributed by atoms with Crippen molar-refractivity contribution in [2.75, 3.05) is 0 Å². The van der Waals surface area contributed by atoms with Crippen LogP contribution in [0.1, 0.15) is 17.9 Å². The molecule has 64 valence electrons. The van der Waals surface area contributed by atoms with E-state index in [4.69, 9.17) is 5.73 Å². The molecule has 3 heteroatoms. The summed E-state index contributed by atoms with van der Waals surface area (Å²) < 4.78 is 25.2. The molecule has 1 saturated carbocycles. The Kier molecular flexibility index (Phi) is 1.61. The number of hydrogen-bond acceptors (Lipinski definition) is 1. The van der Waals surface area contributed by atoms with Gasteiger partial charge in [-0.05, 0) is 24.1 Å². The van der Waals surface area contributed by atoms with Gasteiger partial charge in [0, 0.05) is 12.0 Å². The normalized spacial score (nSPS) is 27.2. The molecule has 0 aliphatic heterocycles. The Bertz CT molecular complexity index is 311. The molecule has 2 rings (SSSR count). The SMILES string of the molecule is N[C@H]1CC1c1ccc(F)c(F)c1. The summed E-state index contributed by atoms with van der Waals surface area (Å²) in [4.78, 5) is 0. The van der Waals surface area contributed by atoms with Gasteiger partial charge in [-0.1, -0.05) is 6.07 Å². The molecule has 0 bridgehead atoms. The smallest absolute Gasteiger partial charge is 0.159 e. The number of benzene rings is 1. The molecule has 1 unspecified atom stereocenters. The first-order chi connectivity index (χ1) is 5.68. The molecule has 0 radical (unpaired) electrons. The highest BCUT2D eigenvalue weighted by molar-refractivity contribution is 5.28. The Morgan fingerprint density at radius 2 is 1.92 bits per heavy atom. The van der Waals surface area contributed by atoms with Gasteiger partial charge in [-0.3, -0.25) is 0 Å². The molecule has 1 nitrogen and oxygen atoms in total. The summed E-state index contributed by atoms with van der Waals surface area (Å²) in [5.41, 5.74) is 6.38. The van der Waals surface area contributed by atoms with Crippen molar-refractivity contribution in [2.45, 2.75) is 18.4 Å². The van der Waals surface area contributed by atoms with Gasteiger partial charge in [0.05, 0.1) is 0 Å². The molecule has 1 aliphatic rings. The van der Waals surface area contributed by atoms with Crippen LogP contribution in [0.25, 0.3) is 0 Å². The lowest BCUT2D eigenvalue weighted by Crippen LogP contribution is -2.01. The van der Waals surface area contributed by atoms with Crippen LogP contribution in [0.4, 0.5) is 8.78 Å². The summed E-state index contributed by atoms with van der Waals surface area (Å²) in [5, 5.41) is 0. The highest BCUT2D eigenvalue weighted by atomic mass is 19.2. The third kappa shape index (κ3) is 1.20. The maximum atomic E-state index is 12.7. The summed E-state index contributed by atoms with van der Waals surface area (Å²) >= 11 is 0. The second kappa shape index (κ2) is 2.52. The van der Waals surface area contributed by atoms with Crippen LogP contribution in [0.5, 0.6) is 0 Å². The standard InChI is InChI=1S/C9H9F2N/c10-7-2-1-5(3-8(7)11)6-4-9(6)12/h1-3,6,9H,4,12H2/t6?,9-/m0/s1. The summed E-state index contributed by atoms with van der Waals surface area (Å²) in [5.74, 6) is -1.35. The molecule has 2 atom stereocenters. The molecule has 0 heterocycles. The molecule has 1 aromatic carbocycles. The Labute approximate surface area is 69.2 Å². The summed E-state index contributed by atoms with van der Waals surface area (Å²) in [6, 6.07) is 4.10. The van der Waals surface area contributed by atoms with Gasteiger partial charge in [0.25, 0.3) is 0 Å². The van der Waals surface area contributed by atoms with Gasteiger partial charge >= 0.3 is 0 Å². The minimum atomic E-state index is -0.798. The van der Waals surface area contributed by atoms with Crippen molar-refractivity contribution >= 4 is 0 Å². The Hall–Kier alpha value is -0.960. The van der Waals surface area contributed by atoms with E-state index >= 15 is 0 Å². The van der Waals surface area contributed by atoms with Gasteiger partial charge < -0.3 is 5.73 Å². The Morgan fingerprint density at radius 3 is 2.42 bits per heavy atom. The molecule has 0 saturated heterocycles. The van der Waals surface area contributed by atoms with Gasteiger partial charge in [0.1, 0.15) is 0 Å². The predicted octanol–water partition coefficient (Wildman–Crippen LogP) is 1.78. The highest BCUT2D eigenvalue weighted by Gasteiger charge is 2.35. The lowest BCUT2D eigenvalue weighted by molar-refractivity contribution is 0.507. The molecule has 1 aliphatic carbocycles. The largest absolute Gasteiger partial charge is 0.327 e. The van der Waals surface area contributed by atoms with E-state index in [-0.39, 0.29) is 12.0 Å². The van der Waals surface area contributed by atoms with Crippen molar-refractivity contribution in [1.29, 1.82) is 0 Å². The van der Waals surface area contributed by atoms with E-state index in [0.29, 0.717) is 0 Å². The number of halogens is 2. The molecule has 1 aromatic rings. The van der Waals surface area contributed by atoms with Gasteiger partial charge in [-0.15, -0.1) is 0 Å². The molecule has 2 N–H and O–H groups in total. The molecule has 0 amide bonds. The van der Waals surface area contributed by atoms with Crippen molar-refractivity contribution < 1.29 is 8.78 Å². The summed E-state index contributed by atoms with van der Waals surface area (Å²) in [6.07, 6.45) is 0.880. The van der Waals surface area contributed by atoms with Crippen molar-refractivity contribution in [3.05, 3.63) is 35.4 Å². The van der Waals surface area contributed by atoms with Crippen LogP contribution in [0.2, 0.25) is 0 Å². The number of hydrogen-bond donors (Lipinski definition) is 1. The van der Waals surface area contributed by atoms with E-state index in [2.05, 4.69) is 0 Å². The highest BCUT2D eigenvalue weighted by Crippen LogP contribution is 2.39. The molecular weight excluding hydrogens is 160 g/mol. The van der Waals surface area contributed by atoms with Gasteiger partial charge in [-0.2, -0.15) is 0 Å². The maximum Gasteiger partial charge on any atom is 0.159 e. The molecule has 0 spiro atoms. The number of nitrogens with two attached hydrogens (primary N) is 1. The second-order valence-corrected chi connectivity index (χ2v) is 3.18. The summed E-state index contributed by atoms with van der Waals surface area (Å²) in [6.45, 7) is 0. The monoisotopic (exact) mass is 169 g/mol. The van der Waals surface area contributed by atoms with Crippen LogP contribution in [0, 0.1) is 11.6 Å². The number of rotatable bonds is 1. The zero-order valence-electron chi connectivity index (χ0n) is 6.43. The third-order valence-corrected chi connectivity index (χ3v) is 2.21. The molecule has 0 aromatic heterocycles. The minimum Gasteiger partial charge on any atom is -0.327 e. The topological polar surface area (TPSA) is 26.0 Å². The average Bonchev–Trinajstić information content (AvgIpc) is 2.73. The van der Waals surface area contributed by atoms with Gasteiger partial charge in [0.15, 0.2) is 11.6 Å².